The number of thioether (sulfide) groups is 1. The zero-order valence-electron chi connectivity index (χ0n) is 22.4. The van der Waals surface area contributed by atoms with Crippen molar-refractivity contribution in [1.29, 1.82) is 0 Å². The Morgan fingerprint density at radius 3 is 2.24 bits per heavy atom. The van der Waals surface area contributed by atoms with Crippen LogP contribution in [0.25, 0.3) is 0 Å². The average molecular weight is 609 g/mol. The number of hydrogen-bond acceptors (Lipinski definition) is 10. The van der Waals surface area contributed by atoms with Crippen LogP contribution in [0.2, 0.25) is 0 Å². The van der Waals surface area contributed by atoms with Gasteiger partial charge in [-0.15, -0.1) is 23.1 Å². The Bertz CT molecular complexity index is 1460. The van der Waals surface area contributed by atoms with Crippen molar-refractivity contribution in [3.63, 3.8) is 0 Å². The van der Waals surface area contributed by atoms with Crippen LogP contribution in [0.4, 0.5) is 4.79 Å². The fourth-order valence-electron chi connectivity index (χ4n) is 4.81. The molecular formula is C29H28N4O7S2. The minimum atomic E-state index is -1.78. The smallest absolute Gasteiger partial charge is 0.404 e. The highest BCUT2D eigenvalue weighted by Crippen LogP contribution is 2.47. The molecule has 3 amide bonds. The Kier molecular flexibility index (Phi) is 8.64. The molecule has 218 valence electrons. The van der Waals surface area contributed by atoms with Crippen molar-refractivity contribution in [3.05, 3.63) is 105 Å². The highest BCUT2D eigenvalue weighted by Gasteiger charge is 2.67. The largest absolute Gasteiger partial charge is 0.448 e. The van der Waals surface area contributed by atoms with E-state index in [4.69, 9.17) is 25.7 Å². The third-order valence-electron chi connectivity index (χ3n) is 6.88. The van der Waals surface area contributed by atoms with Crippen molar-refractivity contribution in [1.82, 2.24) is 10.2 Å². The van der Waals surface area contributed by atoms with Gasteiger partial charge in [-0.2, -0.15) is 0 Å². The van der Waals surface area contributed by atoms with E-state index in [0.29, 0.717) is 21.6 Å². The second-order valence-corrected chi connectivity index (χ2v) is 11.5. The number of nitrogens with zero attached hydrogens (tertiary/aromatic N) is 1. The van der Waals surface area contributed by atoms with Gasteiger partial charge in [-0.05, 0) is 22.6 Å². The molecule has 5 N–H and O–H groups in total. The van der Waals surface area contributed by atoms with Crippen LogP contribution in [0, 0.1) is 0 Å². The number of esters is 1. The summed E-state index contributed by atoms with van der Waals surface area (Å²) in [6.45, 7) is -0.333. The number of benzene rings is 2. The van der Waals surface area contributed by atoms with Crippen molar-refractivity contribution < 1.29 is 33.4 Å². The normalized spacial score (nSPS) is 20.4. The van der Waals surface area contributed by atoms with E-state index in [9.17, 15) is 19.2 Å². The van der Waals surface area contributed by atoms with Crippen molar-refractivity contribution in [2.45, 2.75) is 23.2 Å². The zero-order chi connectivity index (χ0) is 29.9. The molecule has 3 heterocycles. The van der Waals surface area contributed by atoms with Crippen LogP contribution in [0.1, 0.15) is 28.1 Å². The van der Waals surface area contributed by atoms with Gasteiger partial charge in [-0.3, -0.25) is 14.5 Å². The quantitative estimate of drug-likeness (QED) is 0.178. The van der Waals surface area contributed by atoms with Crippen LogP contribution in [0.15, 0.2) is 89.4 Å². The standard InChI is InChI=1S/C29H28N4O7S2/c1-38-29(32-24(34)21(30)20-13-8-14-41-20)26(36)33-22(19(15-39-28(31)37)16-42-27(29)33)25(35)40-23(17-9-4-2-5-10-17)18-11-6-3-7-12-18/h2-14,21,23,27H,15-16,30H2,1H3,(H2,31,37)(H,32,34)/t21?,27-,29+/m1/s1. The second-order valence-electron chi connectivity index (χ2n) is 9.43. The molecular weight excluding hydrogens is 580 g/mol. The first-order valence-corrected chi connectivity index (χ1v) is 14.8. The molecule has 5 rings (SSSR count). The fourth-order valence-corrected chi connectivity index (χ4v) is 6.95. The maximum Gasteiger partial charge on any atom is 0.404 e. The predicted octanol–water partition coefficient (Wildman–Crippen LogP) is 2.80. The van der Waals surface area contributed by atoms with Crippen LogP contribution in [0.5, 0.6) is 0 Å². The lowest BCUT2D eigenvalue weighted by Gasteiger charge is -2.56. The highest BCUT2D eigenvalue weighted by atomic mass is 32.2. The van der Waals surface area contributed by atoms with Gasteiger partial charge in [0.2, 0.25) is 5.91 Å². The van der Waals surface area contributed by atoms with Gasteiger partial charge in [0.25, 0.3) is 11.6 Å². The molecule has 1 saturated heterocycles. The van der Waals surface area contributed by atoms with Crippen molar-refractivity contribution in [2.75, 3.05) is 19.5 Å². The molecule has 11 nitrogen and oxygen atoms in total. The van der Waals surface area contributed by atoms with Gasteiger partial charge in [-0.25, -0.2) is 9.59 Å². The zero-order valence-corrected chi connectivity index (χ0v) is 24.1. The molecule has 13 heteroatoms. The van der Waals surface area contributed by atoms with E-state index in [2.05, 4.69) is 5.32 Å². The molecule has 2 aliphatic rings. The summed E-state index contributed by atoms with van der Waals surface area (Å²) in [6, 6.07) is 20.8. The van der Waals surface area contributed by atoms with E-state index < -0.39 is 47.1 Å². The Morgan fingerprint density at radius 2 is 1.69 bits per heavy atom. The molecule has 0 radical (unpaired) electrons. The number of ether oxygens (including phenoxy) is 3. The minimum absolute atomic E-state index is 0.105. The summed E-state index contributed by atoms with van der Waals surface area (Å²) in [6.07, 6.45) is -1.84. The van der Waals surface area contributed by atoms with Gasteiger partial charge < -0.3 is 31.0 Å². The maximum absolute atomic E-state index is 13.9. The Labute approximate surface area is 249 Å². The molecule has 0 saturated carbocycles. The summed E-state index contributed by atoms with van der Waals surface area (Å²) in [7, 11) is 1.29. The van der Waals surface area contributed by atoms with E-state index in [1.807, 2.05) is 60.7 Å². The summed E-state index contributed by atoms with van der Waals surface area (Å²) in [5.41, 5.74) is 11.2. The SMILES string of the molecule is CO[C@@]1(NC(=O)C(N)c2cccs2)C(=O)N2C(C(=O)OC(c3ccccc3)c3ccccc3)=C(COC(N)=O)CS[C@@H]21. The van der Waals surface area contributed by atoms with Gasteiger partial charge in [0.05, 0.1) is 0 Å². The number of hydrogen-bond donors (Lipinski definition) is 3. The molecule has 3 aromatic rings. The number of rotatable bonds is 10. The van der Waals surface area contributed by atoms with E-state index in [0.717, 1.165) is 0 Å². The summed E-state index contributed by atoms with van der Waals surface area (Å²) < 4.78 is 16.7. The number of methoxy groups -OCH3 is 1. The van der Waals surface area contributed by atoms with Crippen LogP contribution in [-0.2, 0) is 28.6 Å². The van der Waals surface area contributed by atoms with Crippen LogP contribution in [-0.4, -0.2) is 59.3 Å². The van der Waals surface area contributed by atoms with Crippen LogP contribution < -0.4 is 16.8 Å². The molecule has 1 fully saturated rings. The van der Waals surface area contributed by atoms with Gasteiger partial charge in [-0.1, -0.05) is 66.7 Å². The van der Waals surface area contributed by atoms with Gasteiger partial charge in [0.15, 0.2) is 6.10 Å². The molecule has 0 spiro atoms. The number of nitrogens with two attached hydrogens (primary N) is 2. The summed E-state index contributed by atoms with van der Waals surface area (Å²) in [4.78, 5) is 54.0. The monoisotopic (exact) mass is 608 g/mol. The first-order valence-electron chi connectivity index (χ1n) is 12.8. The van der Waals surface area contributed by atoms with Crippen LogP contribution in [0.3, 0.4) is 0 Å². The number of nitrogens with one attached hydrogen (secondary N) is 1. The molecule has 2 aromatic carbocycles. The number of thiophene rings is 1. The lowest BCUT2D eigenvalue weighted by molar-refractivity contribution is -0.193. The molecule has 1 unspecified atom stereocenters. The summed E-state index contributed by atoms with van der Waals surface area (Å²) in [5, 5.41) is 3.62. The molecule has 3 atom stereocenters. The third kappa shape index (κ3) is 5.51. The molecule has 2 aliphatic heterocycles. The van der Waals surface area contributed by atoms with Crippen molar-refractivity contribution in [3.8, 4) is 0 Å². The highest BCUT2D eigenvalue weighted by molar-refractivity contribution is 8.00. The van der Waals surface area contributed by atoms with Crippen molar-refractivity contribution >= 4 is 47.0 Å². The molecule has 42 heavy (non-hydrogen) atoms. The first kappa shape index (κ1) is 29.3. The Hall–Kier alpha value is -4.17. The molecule has 1 aromatic heterocycles. The number of fused-ring (bicyclic) bond motifs is 1. The van der Waals surface area contributed by atoms with Gasteiger partial charge in [0, 0.05) is 23.3 Å². The first-order chi connectivity index (χ1) is 20.3. The van der Waals surface area contributed by atoms with Crippen LogP contribution >= 0.6 is 23.1 Å². The lowest BCUT2D eigenvalue weighted by atomic mass is 9.97. The number of carbonyl (C=O) groups excluding carboxylic acids is 4. The number of primary amides is 1. The third-order valence-corrected chi connectivity index (χ3v) is 9.21. The van der Waals surface area contributed by atoms with E-state index in [1.165, 1.54) is 35.1 Å². The van der Waals surface area contributed by atoms with E-state index in [1.54, 1.807) is 17.5 Å². The fraction of sp³-hybridized carbons (Fsp3) is 0.241. The molecule has 0 aliphatic carbocycles. The average Bonchev–Trinajstić information content (AvgIpc) is 3.56. The maximum atomic E-state index is 13.9. The molecule has 0 bridgehead atoms. The van der Waals surface area contributed by atoms with Crippen molar-refractivity contribution in [2.24, 2.45) is 11.5 Å². The van der Waals surface area contributed by atoms with E-state index >= 15 is 0 Å². The number of β-lactam (4-membered cyclic amide) rings is 1. The van der Waals surface area contributed by atoms with E-state index in [-0.39, 0.29) is 18.1 Å². The number of amides is 3. The topological polar surface area (TPSA) is 163 Å². The lowest BCUT2D eigenvalue weighted by Crippen LogP contribution is -2.81. The Morgan fingerprint density at radius 1 is 1.05 bits per heavy atom. The van der Waals surface area contributed by atoms with Gasteiger partial charge >= 0.3 is 12.1 Å². The predicted molar refractivity (Wildman–Crippen MR) is 156 cm³/mol. The second kappa shape index (κ2) is 12.4. The number of carbonyl (C=O) groups is 4. The summed E-state index contributed by atoms with van der Waals surface area (Å²) >= 11 is 2.53. The minimum Gasteiger partial charge on any atom is -0.448 e. The van der Waals surface area contributed by atoms with Gasteiger partial charge in [0.1, 0.15) is 23.7 Å². The Balaban J connectivity index is 1.46. The summed E-state index contributed by atoms with van der Waals surface area (Å²) in [5.74, 6) is -1.97.